The largest absolute Gasteiger partial charge is 0.379 e. The molecule has 2 rings (SSSR count). The molecule has 3 heteroatoms. The predicted octanol–water partition coefficient (Wildman–Crippen LogP) is 1.64. The summed E-state index contributed by atoms with van der Waals surface area (Å²) < 4.78 is 5.31. The zero-order chi connectivity index (χ0) is 11.4. The molecule has 0 radical (unpaired) electrons. The number of benzene rings is 1. The van der Waals surface area contributed by atoms with Gasteiger partial charge in [0.2, 0.25) is 0 Å². The van der Waals surface area contributed by atoms with E-state index in [1.54, 1.807) is 0 Å². The lowest BCUT2D eigenvalue weighted by atomic mass is 10.1. The van der Waals surface area contributed by atoms with Crippen LogP contribution in [0.15, 0.2) is 18.2 Å². The van der Waals surface area contributed by atoms with Crippen LogP contribution in [-0.4, -0.2) is 31.3 Å². The summed E-state index contributed by atoms with van der Waals surface area (Å²) in [5.74, 6) is 0. The van der Waals surface area contributed by atoms with Gasteiger partial charge in [-0.05, 0) is 19.4 Å². The van der Waals surface area contributed by atoms with Crippen molar-refractivity contribution < 1.29 is 4.74 Å². The van der Waals surface area contributed by atoms with Crippen LogP contribution in [0.25, 0.3) is 0 Å². The molecule has 3 nitrogen and oxygen atoms in total. The number of nitrogens with one attached hydrogen (secondary N) is 1. The van der Waals surface area contributed by atoms with Crippen LogP contribution in [0.2, 0.25) is 0 Å². The highest BCUT2D eigenvalue weighted by atomic mass is 16.5. The van der Waals surface area contributed by atoms with Crippen LogP contribution in [0.1, 0.15) is 16.7 Å². The molecular formula is C13H20N2O. The van der Waals surface area contributed by atoms with Crippen molar-refractivity contribution in [3.05, 3.63) is 34.9 Å². The Morgan fingerprint density at radius 3 is 2.38 bits per heavy atom. The van der Waals surface area contributed by atoms with Crippen molar-refractivity contribution in [3.8, 4) is 0 Å². The van der Waals surface area contributed by atoms with Crippen molar-refractivity contribution in [2.24, 2.45) is 0 Å². The highest BCUT2D eigenvalue weighted by Gasteiger charge is 2.09. The molecule has 1 aliphatic rings. The topological polar surface area (TPSA) is 24.5 Å². The van der Waals surface area contributed by atoms with Gasteiger partial charge in [0.25, 0.3) is 0 Å². The van der Waals surface area contributed by atoms with Gasteiger partial charge in [0.1, 0.15) is 0 Å². The molecule has 0 saturated carbocycles. The van der Waals surface area contributed by atoms with Crippen molar-refractivity contribution in [3.63, 3.8) is 0 Å². The number of hydrogen-bond donors (Lipinski definition) is 1. The van der Waals surface area contributed by atoms with Crippen LogP contribution >= 0.6 is 0 Å². The maximum Gasteiger partial charge on any atom is 0.0608 e. The number of hydrazine groups is 1. The molecule has 88 valence electrons. The van der Waals surface area contributed by atoms with Gasteiger partial charge in [-0.25, -0.2) is 5.01 Å². The molecule has 1 N–H and O–H groups in total. The average molecular weight is 220 g/mol. The molecule has 0 amide bonds. The monoisotopic (exact) mass is 220 g/mol. The van der Waals surface area contributed by atoms with Crippen molar-refractivity contribution in [2.45, 2.75) is 20.4 Å². The Morgan fingerprint density at radius 2 is 1.75 bits per heavy atom. The molecule has 0 aromatic heterocycles. The average Bonchev–Trinajstić information content (AvgIpc) is 2.27. The summed E-state index contributed by atoms with van der Waals surface area (Å²) in [6, 6.07) is 6.68. The van der Waals surface area contributed by atoms with Gasteiger partial charge in [-0.2, -0.15) is 0 Å². The smallest absolute Gasteiger partial charge is 0.0608 e. The number of nitrogens with zero attached hydrogens (tertiary/aromatic N) is 1. The number of morpholine rings is 1. The van der Waals surface area contributed by atoms with Gasteiger partial charge in [-0.1, -0.05) is 29.3 Å². The maximum atomic E-state index is 5.31. The lowest BCUT2D eigenvalue weighted by molar-refractivity contribution is 0.0105. The molecule has 1 saturated heterocycles. The second-order valence-electron chi connectivity index (χ2n) is 4.43. The van der Waals surface area contributed by atoms with E-state index in [4.69, 9.17) is 4.74 Å². The van der Waals surface area contributed by atoms with E-state index >= 15 is 0 Å². The minimum atomic E-state index is 0.833. The molecule has 0 atom stereocenters. The number of aryl methyl sites for hydroxylation is 2. The highest BCUT2D eigenvalue weighted by Crippen LogP contribution is 2.08. The van der Waals surface area contributed by atoms with Gasteiger partial charge < -0.3 is 4.74 Å². The van der Waals surface area contributed by atoms with E-state index in [1.165, 1.54) is 16.7 Å². The first-order chi connectivity index (χ1) is 7.74. The maximum absolute atomic E-state index is 5.31. The summed E-state index contributed by atoms with van der Waals surface area (Å²) in [5.41, 5.74) is 7.46. The second-order valence-corrected chi connectivity index (χ2v) is 4.43. The normalized spacial score (nSPS) is 17.6. The third-order valence-electron chi connectivity index (χ3n) is 2.80. The predicted molar refractivity (Wildman–Crippen MR) is 65.1 cm³/mol. The number of ether oxygens (including phenoxy) is 1. The zero-order valence-corrected chi connectivity index (χ0v) is 10.1. The Bertz CT molecular complexity index is 326. The first kappa shape index (κ1) is 11.6. The van der Waals surface area contributed by atoms with Gasteiger partial charge in [0.05, 0.1) is 13.2 Å². The Hall–Kier alpha value is -0.900. The Kier molecular flexibility index (Phi) is 3.93. The van der Waals surface area contributed by atoms with E-state index in [0.717, 1.165) is 32.8 Å². The quantitative estimate of drug-likeness (QED) is 0.838. The van der Waals surface area contributed by atoms with E-state index in [0.29, 0.717) is 0 Å². The van der Waals surface area contributed by atoms with Gasteiger partial charge in [-0.3, -0.25) is 5.43 Å². The Morgan fingerprint density at radius 1 is 1.12 bits per heavy atom. The molecule has 1 fully saturated rings. The Balaban J connectivity index is 1.88. The minimum Gasteiger partial charge on any atom is -0.379 e. The third-order valence-corrected chi connectivity index (χ3v) is 2.80. The molecule has 0 aliphatic carbocycles. The fourth-order valence-electron chi connectivity index (χ4n) is 2.10. The lowest BCUT2D eigenvalue weighted by Gasteiger charge is -2.27. The zero-order valence-electron chi connectivity index (χ0n) is 10.1. The molecule has 0 unspecified atom stereocenters. The highest BCUT2D eigenvalue weighted by molar-refractivity contribution is 5.28. The summed E-state index contributed by atoms with van der Waals surface area (Å²) in [6.07, 6.45) is 0. The summed E-state index contributed by atoms with van der Waals surface area (Å²) in [4.78, 5) is 0. The lowest BCUT2D eigenvalue weighted by Crippen LogP contribution is -2.45. The van der Waals surface area contributed by atoms with Crippen molar-refractivity contribution in [2.75, 3.05) is 26.3 Å². The fraction of sp³-hybridized carbons (Fsp3) is 0.538. The molecule has 1 aliphatic heterocycles. The van der Waals surface area contributed by atoms with Gasteiger partial charge in [-0.15, -0.1) is 0 Å². The van der Waals surface area contributed by atoms with E-state index in [1.807, 2.05) is 0 Å². The minimum absolute atomic E-state index is 0.833. The van der Waals surface area contributed by atoms with Crippen LogP contribution < -0.4 is 5.43 Å². The standard InChI is InChI=1S/C13H20N2O/c1-11-7-12(2)9-13(8-11)10-14-15-3-5-16-6-4-15/h7-9,14H,3-6,10H2,1-2H3. The Labute approximate surface area is 97.4 Å². The fourth-order valence-corrected chi connectivity index (χ4v) is 2.10. The van der Waals surface area contributed by atoms with Crippen molar-refractivity contribution in [1.82, 2.24) is 10.4 Å². The molecule has 0 bridgehead atoms. The van der Waals surface area contributed by atoms with E-state index < -0.39 is 0 Å². The van der Waals surface area contributed by atoms with E-state index in [2.05, 4.69) is 42.5 Å². The summed E-state index contributed by atoms with van der Waals surface area (Å²) in [5, 5.41) is 2.24. The third kappa shape index (κ3) is 3.30. The van der Waals surface area contributed by atoms with Crippen LogP contribution in [0.5, 0.6) is 0 Å². The number of hydrogen-bond acceptors (Lipinski definition) is 3. The second kappa shape index (κ2) is 5.43. The first-order valence-corrected chi connectivity index (χ1v) is 5.87. The number of rotatable bonds is 3. The van der Waals surface area contributed by atoms with Crippen molar-refractivity contribution >= 4 is 0 Å². The van der Waals surface area contributed by atoms with Gasteiger partial charge in [0.15, 0.2) is 0 Å². The van der Waals surface area contributed by atoms with E-state index in [9.17, 15) is 0 Å². The molecule has 1 heterocycles. The first-order valence-electron chi connectivity index (χ1n) is 5.87. The van der Waals surface area contributed by atoms with Crippen LogP contribution in [0, 0.1) is 13.8 Å². The molecular weight excluding hydrogens is 200 g/mol. The SMILES string of the molecule is Cc1cc(C)cc(CNN2CCOCC2)c1. The van der Waals surface area contributed by atoms with Crippen LogP contribution in [0.3, 0.4) is 0 Å². The van der Waals surface area contributed by atoms with E-state index in [-0.39, 0.29) is 0 Å². The summed E-state index contributed by atoms with van der Waals surface area (Å²) in [6.45, 7) is 8.81. The van der Waals surface area contributed by atoms with Crippen LogP contribution in [-0.2, 0) is 11.3 Å². The van der Waals surface area contributed by atoms with Gasteiger partial charge >= 0.3 is 0 Å². The van der Waals surface area contributed by atoms with Gasteiger partial charge in [0, 0.05) is 19.6 Å². The van der Waals surface area contributed by atoms with Crippen LogP contribution in [0.4, 0.5) is 0 Å². The summed E-state index contributed by atoms with van der Waals surface area (Å²) >= 11 is 0. The van der Waals surface area contributed by atoms with Crippen molar-refractivity contribution in [1.29, 1.82) is 0 Å². The molecule has 16 heavy (non-hydrogen) atoms. The summed E-state index contributed by atoms with van der Waals surface area (Å²) in [7, 11) is 0. The molecule has 0 spiro atoms. The molecule has 1 aromatic rings. The molecule has 1 aromatic carbocycles.